The van der Waals surface area contributed by atoms with Crippen LogP contribution < -0.4 is 10.1 Å². The van der Waals surface area contributed by atoms with Crippen molar-refractivity contribution in [2.24, 2.45) is 0 Å². The van der Waals surface area contributed by atoms with Gasteiger partial charge in [0.1, 0.15) is 11.8 Å². The molecule has 0 aromatic heterocycles. The van der Waals surface area contributed by atoms with Gasteiger partial charge < -0.3 is 14.8 Å². The van der Waals surface area contributed by atoms with Crippen molar-refractivity contribution in [3.63, 3.8) is 0 Å². The van der Waals surface area contributed by atoms with Crippen LogP contribution in [0.25, 0.3) is 0 Å². The number of methoxy groups -OCH3 is 1. The molecule has 0 fully saturated rings. The summed E-state index contributed by atoms with van der Waals surface area (Å²) in [6, 6.07) is 3.60. The van der Waals surface area contributed by atoms with Crippen LogP contribution in [0.3, 0.4) is 0 Å². The van der Waals surface area contributed by atoms with Crippen LogP contribution in [0.4, 0.5) is 13.2 Å². The van der Waals surface area contributed by atoms with Crippen LogP contribution in [0.1, 0.15) is 16.8 Å². The zero-order valence-electron chi connectivity index (χ0n) is 12.5. The Kier molecular flexibility index (Phi) is 7.21. The number of esters is 1. The van der Waals surface area contributed by atoms with Crippen molar-refractivity contribution in [2.45, 2.75) is 18.8 Å². The minimum atomic E-state index is -4.79. The highest BCUT2D eigenvalue weighted by Crippen LogP contribution is 2.22. The van der Waals surface area contributed by atoms with E-state index >= 15 is 0 Å². The van der Waals surface area contributed by atoms with Gasteiger partial charge in [-0.2, -0.15) is 11.8 Å². The van der Waals surface area contributed by atoms with E-state index in [1.807, 2.05) is 6.26 Å². The summed E-state index contributed by atoms with van der Waals surface area (Å²) in [7, 11) is 1.21. The van der Waals surface area contributed by atoms with Crippen molar-refractivity contribution in [1.29, 1.82) is 0 Å². The summed E-state index contributed by atoms with van der Waals surface area (Å²) >= 11 is 1.51. The summed E-state index contributed by atoms with van der Waals surface area (Å²) in [5.74, 6) is -0.955. The summed E-state index contributed by atoms with van der Waals surface area (Å²) in [5, 5.41) is 2.50. The average molecular weight is 351 g/mol. The van der Waals surface area contributed by atoms with Gasteiger partial charge in [-0.15, -0.1) is 13.2 Å². The number of hydrogen-bond acceptors (Lipinski definition) is 5. The van der Waals surface area contributed by atoms with Crippen molar-refractivity contribution in [3.05, 3.63) is 29.8 Å². The SMILES string of the molecule is COC(=O)[C@@H](CCSC)NC(=O)c1ccc(OC(F)(F)F)cc1. The second-order valence-electron chi connectivity index (χ2n) is 4.40. The summed E-state index contributed by atoms with van der Waals surface area (Å²) < 4.78 is 44.5. The van der Waals surface area contributed by atoms with Crippen molar-refractivity contribution in [3.8, 4) is 5.75 Å². The van der Waals surface area contributed by atoms with E-state index in [1.54, 1.807) is 0 Å². The van der Waals surface area contributed by atoms with Gasteiger partial charge in [-0.3, -0.25) is 4.79 Å². The van der Waals surface area contributed by atoms with Crippen molar-refractivity contribution in [1.82, 2.24) is 5.32 Å². The highest BCUT2D eigenvalue weighted by Gasteiger charge is 2.31. The largest absolute Gasteiger partial charge is 0.573 e. The molecule has 0 bridgehead atoms. The van der Waals surface area contributed by atoms with E-state index in [0.717, 1.165) is 12.1 Å². The van der Waals surface area contributed by atoms with E-state index in [-0.39, 0.29) is 5.56 Å². The maximum absolute atomic E-state index is 12.1. The maximum Gasteiger partial charge on any atom is 0.573 e. The van der Waals surface area contributed by atoms with Gasteiger partial charge >= 0.3 is 12.3 Å². The van der Waals surface area contributed by atoms with Crippen molar-refractivity contribution < 1.29 is 32.2 Å². The van der Waals surface area contributed by atoms with E-state index in [0.29, 0.717) is 12.2 Å². The number of amides is 1. The molecule has 0 spiro atoms. The number of carbonyl (C=O) groups excluding carboxylic acids is 2. The van der Waals surface area contributed by atoms with E-state index in [9.17, 15) is 22.8 Å². The van der Waals surface area contributed by atoms with Crippen LogP contribution >= 0.6 is 11.8 Å². The van der Waals surface area contributed by atoms with Crippen molar-refractivity contribution in [2.75, 3.05) is 19.1 Å². The van der Waals surface area contributed by atoms with E-state index in [4.69, 9.17) is 0 Å². The molecule has 1 rings (SSSR count). The lowest BCUT2D eigenvalue weighted by Gasteiger charge is -2.16. The fourth-order valence-electron chi connectivity index (χ4n) is 1.68. The number of benzene rings is 1. The number of hydrogen-bond donors (Lipinski definition) is 1. The molecule has 0 aliphatic rings. The monoisotopic (exact) mass is 351 g/mol. The maximum atomic E-state index is 12.1. The summed E-state index contributed by atoms with van der Waals surface area (Å²) in [4.78, 5) is 23.7. The number of alkyl halides is 3. The van der Waals surface area contributed by atoms with E-state index in [2.05, 4.69) is 14.8 Å². The Balaban J connectivity index is 2.73. The molecule has 0 radical (unpaired) electrons. The standard InChI is InChI=1S/C14H16F3NO4S/c1-21-13(20)11(7-8-23-2)18-12(19)9-3-5-10(6-4-9)22-14(15,16)17/h3-6,11H,7-8H2,1-2H3,(H,18,19)/t11-/m1/s1. The summed E-state index contributed by atoms with van der Waals surface area (Å²) in [6.45, 7) is 0. The molecule has 1 N–H and O–H groups in total. The first-order valence-electron chi connectivity index (χ1n) is 6.50. The lowest BCUT2D eigenvalue weighted by Crippen LogP contribution is -2.41. The second-order valence-corrected chi connectivity index (χ2v) is 5.39. The number of nitrogens with one attached hydrogen (secondary N) is 1. The van der Waals surface area contributed by atoms with Gasteiger partial charge in [0.25, 0.3) is 5.91 Å². The molecule has 0 unspecified atom stereocenters. The summed E-state index contributed by atoms with van der Waals surface area (Å²) in [6.07, 6.45) is -2.55. The molecule has 9 heteroatoms. The summed E-state index contributed by atoms with van der Waals surface area (Å²) in [5.41, 5.74) is 0.109. The predicted octanol–water partition coefficient (Wildman–Crippen LogP) is 2.61. The average Bonchev–Trinajstić information content (AvgIpc) is 2.49. The Morgan fingerprint density at radius 2 is 1.87 bits per heavy atom. The molecule has 1 atom stereocenters. The van der Waals surface area contributed by atoms with Gasteiger partial charge in [0.2, 0.25) is 0 Å². The fourth-order valence-corrected chi connectivity index (χ4v) is 2.15. The van der Waals surface area contributed by atoms with Crippen molar-refractivity contribution >= 4 is 23.6 Å². The highest BCUT2D eigenvalue weighted by atomic mass is 32.2. The molecule has 1 aromatic rings. The van der Waals surface area contributed by atoms with E-state index in [1.165, 1.54) is 31.0 Å². The molecule has 0 aliphatic heterocycles. The molecule has 0 heterocycles. The number of halogens is 3. The fraction of sp³-hybridized carbons (Fsp3) is 0.429. The first kappa shape index (κ1) is 19.1. The molecule has 0 saturated carbocycles. The number of carbonyl (C=O) groups is 2. The third-order valence-corrected chi connectivity index (χ3v) is 3.40. The number of rotatable bonds is 7. The van der Waals surface area contributed by atoms with Crippen LogP contribution in [0.2, 0.25) is 0 Å². The first-order valence-corrected chi connectivity index (χ1v) is 7.89. The number of thioether (sulfide) groups is 1. The van der Waals surface area contributed by atoms with Crippen LogP contribution in [0.15, 0.2) is 24.3 Å². The molecule has 128 valence electrons. The molecular weight excluding hydrogens is 335 g/mol. The Bertz CT molecular complexity index is 534. The van der Waals surface area contributed by atoms with E-state index < -0.39 is 30.0 Å². The molecule has 5 nitrogen and oxygen atoms in total. The molecule has 0 aliphatic carbocycles. The first-order chi connectivity index (χ1) is 10.8. The molecule has 0 saturated heterocycles. The number of ether oxygens (including phenoxy) is 2. The smallest absolute Gasteiger partial charge is 0.467 e. The quantitative estimate of drug-likeness (QED) is 0.765. The van der Waals surface area contributed by atoms with Gasteiger partial charge in [-0.1, -0.05) is 0 Å². The topological polar surface area (TPSA) is 64.6 Å². The molecular formula is C14H16F3NO4S. The van der Waals surface area contributed by atoms with Crippen LogP contribution in [0.5, 0.6) is 5.75 Å². The second kappa shape index (κ2) is 8.66. The zero-order chi connectivity index (χ0) is 17.5. The van der Waals surface area contributed by atoms with Gasteiger partial charge in [-0.25, -0.2) is 4.79 Å². The van der Waals surface area contributed by atoms with Gasteiger partial charge in [0.05, 0.1) is 7.11 Å². The van der Waals surface area contributed by atoms with Crippen LogP contribution in [-0.2, 0) is 9.53 Å². The Labute approximate surface area is 135 Å². The Morgan fingerprint density at radius 3 is 2.35 bits per heavy atom. The van der Waals surface area contributed by atoms with Gasteiger partial charge in [0, 0.05) is 5.56 Å². The van der Waals surface area contributed by atoms with Crippen LogP contribution in [0, 0.1) is 0 Å². The predicted molar refractivity (Wildman–Crippen MR) is 79.4 cm³/mol. The minimum Gasteiger partial charge on any atom is -0.467 e. The molecule has 1 amide bonds. The third-order valence-electron chi connectivity index (χ3n) is 2.75. The molecule has 1 aromatic carbocycles. The Morgan fingerprint density at radius 1 is 1.26 bits per heavy atom. The normalized spacial score (nSPS) is 12.4. The Hall–Kier alpha value is -1.90. The van der Waals surface area contributed by atoms with Gasteiger partial charge in [0.15, 0.2) is 0 Å². The van der Waals surface area contributed by atoms with Crippen LogP contribution in [-0.4, -0.2) is 43.4 Å². The van der Waals surface area contributed by atoms with Gasteiger partial charge in [-0.05, 0) is 42.7 Å². The zero-order valence-corrected chi connectivity index (χ0v) is 13.3. The lowest BCUT2D eigenvalue weighted by atomic mass is 10.1. The minimum absolute atomic E-state index is 0.109. The molecule has 23 heavy (non-hydrogen) atoms. The third kappa shape index (κ3) is 6.81. The highest BCUT2D eigenvalue weighted by molar-refractivity contribution is 7.98. The lowest BCUT2D eigenvalue weighted by molar-refractivity contribution is -0.274.